The lowest BCUT2D eigenvalue weighted by atomic mass is 10.1. The molecule has 1 fully saturated rings. The van der Waals surface area contributed by atoms with Crippen LogP contribution in [0.3, 0.4) is 0 Å². The zero-order chi connectivity index (χ0) is 15.7. The van der Waals surface area contributed by atoms with Gasteiger partial charge in [0, 0.05) is 11.8 Å². The summed E-state index contributed by atoms with van der Waals surface area (Å²) in [4.78, 5) is 15.6. The van der Waals surface area contributed by atoms with Gasteiger partial charge >= 0.3 is 5.97 Å². The Kier molecular flexibility index (Phi) is 4.11. The first kappa shape index (κ1) is 15.0. The van der Waals surface area contributed by atoms with Crippen molar-refractivity contribution in [1.82, 2.24) is 14.6 Å². The Morgan fingerprint density at radius 2 is 2.14 bits per heavy atom. The minimum absolute atomic E-state index is 0.0169. The Hall–Kier alpha value is -1.95. The Bertz CT molecular complexity index is 687. The van der Waals surface area contributed by atoms with E-state index in [0.29, 0.717) is 18.4 Å². The fraction of sp³-hybridized carbons (Fsp3) is 0.562. The molecule has 0 saturated heterocycles. The monoisotopic (exact) mass is 303 g/mol. The molecule has 0 aromatic carbocycles. The van der Waals surface area contributed by atoms with Crippen molar-refractivity contribution in [1.29, 1.82) is 0 Å². The van der Waals surface area contributed by atoms with E-state index in [9.17, 15) is 4.79 Å². The highest BCUT2D eigenvalue weighted by molar-refractivity contribution is 5.86. The minimum atomic E-state index is -1.04. The van der Waals surface area contributed by atoms with E-state index >= 15 is 0 Å². The molecule has 0 atom stereocenters. The highest BCUT2D eigenvalue weighted by Crippen LogP contribution is 2.23. The second kappa shape index (κ2) is 6.04. The molecule has 0 bridgehead atoms. The van der Waals surface area contributed by atoms with Gasteiger partial charge in [0.2, 0.25) is 0 Å². The van der Waals surface area contributed by atoms with Crippen LogP contribution in [-0.4, -0.2) is 31.8 Å². The maximum absolute atomic E-state index is 11.1. The molecular weight excluding hydrogens is 282 g/mol. The lowest BCUT2D eigenvalue weighted by Crippen LogP contribution is -2.10. The van der Waals surface area contributed by atoms with E-state index in [1.165, 1.54) is 18.9 Å². The summed E-state index contributed by atoms with van der Waals surface area (Å²) in [6, 6.07) is 3.47. The summed E-state index contributed by atoms with van der Waals surface area (Å²) in [7, 11) is 0. The summed E-state index contributed by atoms with van der Waals surface area (Å²) in [6.07, 6.45) is 5.04. The zero-order valence-corrected chi connectivity index (χ0v) is 13.0. The number of fused-ring (bicyclic) bond motifs is 1. The first-order valence-electron chi connectivity index (χ1n) is 7.79. The zero-order valence-electron chi connectivity index (χ0n) is 13.0. The molecule has 0 unspecified atom stereocenters. The summed E-state index contributed by atoms with van der Waals surface area (Å²) in [5.74, 6) is -0.818. The molecule has 1 aliphatic rings. The van der Waals surface area contributed by atoms with E-state index < -0.39 is 5.97 Å². The maximum atomic E-state index is 11.1. The van der Waals surface area contributed by atoms with Gasteiger partial charge in [0.15, 0.2) is 11.3 Å². The molecule has 0 amide bonds. The molecule has 6 nitrogen and oxygen atoms in total. The van der Waals surface area contributed by atoms with Crippen molar-refractivity contribution >= 4 is 11.6 Å². The number of hydrogen-bond donors (Lipinski definition) is 1. The van der Waals surface area contributed by atoms with Crippen molar-refractivity contribution in [2.45, 2.75) is 58.2 Å². The average Bonchev–Trinajstić information content (AvgIpc) is 3.13. The van der Waals surface area contributed by atoms with E-state index in [1.54, 1.807) is 4.52 Å². The molecule has 1 saturated carbocycles. The molecule has 1 N–H and O–H groups in total. The second-order valence-electron chi connectivity index (χ2n) is 6.15. The fourth-order valence-electron chi connectivity index (χ4n) is 2.90. The predicted molar refractivity (Wildman–Crippen MR) is 81.1 cm³/mol. The summed E-state index contributed by atoms with van der Waals surface area (Å²) in [5, 5.41) is 13.2. The third-order valence-electron chi connectivity index (χ3n) is 4.09. The molecule has 2 aromatic heterocycles. The Labute approximate surface area is 129 Å². The van der Waals surface area contributed by atoms with Crippen LogP contribution in [0.1, 0.15) is 67.3 Å². The fourth-order valence-corrected chi connectivity index (χ4v) is 2.90. The van der Waals surface area contributed by atoms with Gasteiger partial charge in [-0.3, -0.25) is 0 Å². The van der Waals surface area contributed by atoms with Crippen molar-refractivity contribution in [3.8, 4) is 0 Å². The molecule has 0 spiro atoms. The molecule has 118 valence electrons. The van der Waals surface area contributed by atoms with E-state index in [1.807, 2.05) is 6.07 Å². The second-order valence-corrected chi connectivity index (χ2v) is 6.15. The number of aromatic nitrogens is 3. The molecule has 1 aliphatic carbocycles. The molecule has 3 rings (SSSR count). The summed E-state index contributed by atoms with van der Waals surface area (Å²) in [6.45, 7) is 4.57. The van der Waals surface area contributed by atoms with E-state index in [2.05, 4.69) is 23.9 Å². The summed E-state index contributed by atoms with van der Waals surface area (Å²) >= 11 is 0. The first-order valence-corrected chi connectivity index (χ1v) is 7.79. The number of carbonyl (C=O) groups is 1. The van der Waals surface area contributed by atoms with Crippen molar-refractivity contribution in [2.75, 3.05) is 0 Å². The molecular formula is C16H21N3O3. The molecule has 6 heteroatoms. The van der Waals surface area contributed by atoms with Crippen LogP contribution < -0.4 is 0 Å². The van der Waals surface area contributed by atoms with Gasteiger partial charge in [-0.2, -0.15) is 5.10 Å². The Morgan fingerprint density at radius 3 is 2.77 bits per heavy atom. The highest BCUT2D eigenvalue weighted by Gasteiger charge is 2.18. The number of carboxylic acid groups (broad SMARTS) is 1. The van der Waals surface area contributed by atoms with E-state index in [-0.39, 0.29) is 11.6 Å². The maximum Gasteiger partial charge on any atom is 0.356 e. The van der Waals surface area contributed by atoms with Crippen LogP contribution >= 0.6 is 0 Å². The lowest BCUT2D eigenvalue weighted by Gasteiger charge is -2.13. The van der Waals surface area contributed by atoms with Crippen LogP contribution in [0.2, 0.25) is 0 Å². The molecule has 0 radical (unpaired) electrons. The number of carboxylic acids is 1. The summed E-state index contributed by atoms with van der Waals surface area (Å²) < 4.78 is 7.54. The van der Waals surface area contributed by atoms with Gasteiger partial charge in [0.1, 0.15) is 0 Å². The molecule has 2 heterocycles. The minimum Gasteiger partial charge on any atom is -0.476 e. The highest BCUT2D eigenvalue weighted by atomic mass is 16.5. The van der Waals surface area contributed by atoms with E-state index in [0.717, 1.165) is 24.2 Å². The van der Waals surface area contributed by atoms with Crippen molar-refractivity contribution in [3.63, 3.8) is 0 Å². The number of ether oxygens (including phenoxy) is 1. The van der Waals surface area contributed by atoms with Crippen molar-refractivity contribution < 1.29 is 14.6 Å². The third kappa shape index (κ3) is 2.97. The number of aromatic carboxylic acids is 1. The lowest BCUT2D eigenvalue weighted by molar-refractivity contribution is 0.0438. The van der Waals surface area contributed by atoms with Crippen LogP contribution in [0.25, 0.3) is 5.65 Å². The van der Waals surface area contributed by atoms with Crippen molar-refractivity contribution in [2.24, 2.45) is 0 Å². The van der Waals surface area contributed by atoms with Gasteiger partial charge in [-0.15, -0.1) is 0 Å². The van der Waals surface area contributed by atoms with Gasteiger partial charge < -0.3 is 9.84 Å². The number of nitrogens with zero attached hydrogens (tertiary/aromatic N) is 3. The van der Waals surface area contributed by atoms with Gasteiger partial charge in [-0.25, -0.2) is 14.3 Å². The molecule has 22 heavy (non-hydrogen) atoms. The first-order chi connectivity index (χ1) is 10.5. The Morgan fingerprint density at radius 1 is 1.41 bits per heavy atom. The van der Waals surface area contributed by atoms with E-state index in [4.69, 9.17) is 9.84 Å². The third-order valence-corrected chi connectivity index (χ3v) is 4.09. The Balaban J connectivity index is 1.91. The van der Waals surface area contributed by atoms with Crippen LogP contribution in [0.5, 0.6) is 0 Å². The predicted octanol–water partition coefficient (Wildman–Crippen LogP) is 3.01. The smallest absolute Gasteiger partial charge is 0.356 e. The SMILES string of the molecule is CC(C)c1cc(COC2CCCC2)nc2cc(C(=O)O)nn12. The van der Waals surface area contributed by atoms with Crippen LogP contribution in [0.4, 0.5) is 0 Å². The number of rotatable bonds is 5. The molecule has 0 aliphatic heterocycles. The van der Waals surface area contributed by atoms with Gasteiger partial charge in [-0.1, -0.05) is 26.7 Å². The van der Waals surface area contributed by atoms with Gasteiger partial charge in [0.25, 0.3) is 0 Å². The average molecular weight is 303 g/mol. The van der Waals surface area contributed by atoms with Crippen molar-refractivity contribution in [3.05, 3.63) is 29.2 Å². The van der Waals surface area contributed by atoms with Gasteiger partial charge in [-0.05, 0) is 24.8 Å². The number of hydrogen-bond acceptors (Lipinski definition) is 4. The van der Waals surface area contributed by atoms with Crippen LogP contribution in [0, 0.1) is 0 Å². The summed E-state index contributed by atoms with van der Waals surface area (Å²) in [5.41, 5.74) is 2.36. The largest absolute Gasteiger partial charge is 0.476 e. The van der Waals surface area contributed by atoms with Gasteiger partial charge in [0.05, 0.1) is 18.4 Å². The quantitative estimate of drug-likeness (QED) is 0.918. The van der Waals surface area contributed by atoms with Crippen LogP contribution in [0.15, 0.2) is 12.1 Å². The van der Waals surface area contributed by atoms with Crippen LogP contribution in [-0.2, 0) is 11.3 Å². The standard InChI is InChI=1S/C16H21N3O3/c1-10(2)14-7-11(9-22-12-5-3-4-6-12)17-15-8-13(16(20)21)18-19(14)15/h7-8,10,12H,3-6,9H2,1-2H3,(H,20,21). The topological polar surface area (TPSA) is 76.7 Å². The molecule has 2 aromatic rings. The normalized spacial score (nSPS) is 16.0.